The zero-order valence-corrected chi connectivity index (χ0v) is 19.8. The van der Waals surface area contributed by atoms with E-state index in [0.717, 1.165) is 19.3 Å². The Kier molecular flexibility index (Phi) is 7.78. The molecular weight excluding hydrogens is 438 g/mol. The van der Waals surface area contributed by atoms with Crippen LogP contribution in [-0.4, -0.2) is 68.8 Å². The van der Waals surface area contributed by atoms with Gasteiger partial charge < -0.3 is 25.6 Å². The number of anilines is 3. The van der Waals surface area contributed by atoms with Gasteiger partial charge in [0.25, 0.3) is 5.91 Å². The molecule has 1 saturated heterocycles. The largest absolute Gasteiger partial charge is 0.444 e. The van der Waals surface area contributed by atoms with Gasteiger partial charge in [0, 0.05) is 32.2 Å². The van der Waals surface area contributed by atoms with Crippen molar-refractivity contribution in [2.45, 2.75) is 51.7 Å². The molecule has 3 N–H and O–H groups in total. The highest BCUT2D eigenvalue weighted by atomic mass is 16.6. The monoisotopic (exact) mass is 467 g/mol. The van der Waals surface area contributed by atoms with Gasteiger partial charge in [-0.05, 0) is 40.0 Å². The number of carbonyl (C=O) groups is 2. The van der Waals surface area contributed by atoms with Gasteiger partial charge in [-0.15, -0.1) is 10.2 Å². The summed E-state index contributed by atoms with van der Waals surface area (Å²) in [6.45, 7) is 6.54. The number of nitrogens with zero attached hydrogens (tertiary/aromatic N) is 6. The summed E-state index contributed by atoms with van der Waals surface area (Å²) >= 11 is 0. The van der Waals surface area contributed by atoms with Crippen LogP contribution in [-0.2, 0) is 4.74 Å². The number of aromatic nitrogens is 4. The number of hydrogen-bond donors (Lipinski definition) is 3. The van der Waals surface area contributed by atoms with E-state index in [1.54, 1.807) is 11.0 Å². The van der Waals surface area contributed by atoms with E-state index in [0.29, 0.717) is 30.4 Å². The number of hydrogen-bond acceptors (Lipinski definition) is 10. The van der Waals surface area contributed by atoms with E-state index in [9.17, 15) is 9.59 Å². The summed E-state index contributed by atoms with van der Waals surface area (Å²) in [5.74, 6) is 0.321. The van der Waals surface area contributed by atoms with Crippen molar-refractivity contribution >= 4 is 29.3 Å². The molecule has 0 aromatic carbocycles. The molecule has 0 saturated carbocycles. The van der Waals surface area contributed by atoms with Crippen LogP contribution in [0.3, 0.4) is 0 Å². The molecule has 0 aliphatic carbocycles. The Balaban J connectivity index is 1.81. The first-order valence-corrected chi connectivity index (χ1v) is 11.0. The van der Waals surface area contributed by atoms with Crippen molar-refractivity contribution in [2.24, 2.45) is 0 Å². The van der Waals surface area contributed by atoms with Crippen LogP contribution >= 0.6 is 0 Å². The Labute approximate surface area is 198 Å². The van der Waals surface area contributed by atoms with Gasteiger partial charge in [0.1, 0.15) is 17.5 Å². The van der Waals surface area contributed by atoms with Crippen LogP contribution < -0.4 is 16.0 Å². The molecule has 2 aromatic heterocycles. The van der Waals surface area contributed by atoms with Gasteiger partial charge in [-0.1, -0.05) is 0 Å². The van der Waals surface area contributed by atoms with E-state index in [1.807, 2.05) is 26.8 Å². The van der Waals surface area contributed by atoms with Gasteiger partial charge in [0.15, 0.2) is 17.2 Å². The summed E-state index contributed by atoms with van der Waals surface area (Å²) in [6, 6.07) is 3.44. The fourth-order valence-electron chi connectivity index (χ4n) is 3.40. The van der Waals surface area contributed by atoms with Crippen LogP contribution in [0.15, 0.2) is 18.5 Å². The standard InChI is InChI=1S/C22H29N9O3/c1-22(2,3)34-21(33)31-8-6-5-7-14(13-31)27-16-9-17(29-30-19(16)20(32)24-4)28-18-12-25-15(10-23)11-26-18/h9,11-12,14H,5-8,13H2,1-4H3,(H,24,32)(H2,26,27,28,29). The van der Waals surface area contributed by atoms with Crippen LogP contribution in [0.2, 0.25) is 0 Å². The Bertz CT molecular complexity index is 1060. The SMILES string of the molecule is CNC(=O)c1nnc(Nc2cnc(C#N)cn2)cc1NC1CCCCN(C(=O)OC(C)(C)C)C1. The Morgan fingerprint density at radius 3 is 2.62 bits per heavy atom. The van der Waals surface area contributed by atoms with Crippen molar-refractivity contribution in [1.82, 2.24) is 30.4 Å². The van der Waals surface area contributed by atoms with Gasteiger partial charge in [-0.3, -0.25) is 4.79 Å². The van der Waals surface area contributed by atoms with Crippen LogP contribution in [0.25, 0.3) is 0 Å². The Morgan fingerprint density at radius 1 is 1.18 bits per heavy atom. The summed E-state index contributed by atoms with van der Waals surface area (Å²) in [6.07, 6.45) is 4.96. The van der Waals surface area contributed by atoms with E-state index in [2.05, 4.69) is 36.1 Å². The molecule has 0 spiro atoms. The Morgan fingerprint density at radius 2 is 1.97 bits per heavy atom. The minimum Gasteiger partial charge on any atom is -0.444 e. The lowest BCUT2D eigenvalue weighted by Crippen LogP contribution is -2.42. The average molecular weight is 468 g/mol. The molecule has 1 aliphatic rings. The van der Waals surface area contributed by atoms with E-state index in [4.69, 9.17) is 10.00 Å². The van der Waals surface area contributed by atoms with Crippen molar-refractivity contribution in [3.05, 3.63) is 29.8 Å². The lowest BCUT2D eigenvalue weighted by Gasteiger charge is -2.29. The third-order valence-corrected chi connectivity index (χ3v) is 4.94. The van der Waals surface area contributed by atoms with Gasteiger partial charge in [0.2, 0.25) is 0 Å². The van der Waals surface area contributed by atoms with Gasteiger partial charge in [-0.2, -0.15) is 5.26 Å². The van der Waals surface area contributed by atoms with E-state index in [-0.39, 0.29) is 23.5 Å². The molecule has 0 bridgehead atoms. The van der Waals surface area contributed by atoms with E-state index < -0.39 is 11.5 Å². The van der Waals surface area contributed by atoms with Crippen LogP contribution in [0.5, 0.6) is 0 Å². The number of carbonyl (C=O) groups excluding carboxylic acids is 2. The third-order valence-electron chi connectivity index (χ3n) is 4.94. The average Bonchev–Trinajstić information content (AvgIpc) is 3.04. The molecule has 3 heterocycles. The van der Waals surface area contributed by atoms with Gasteiger partial charge in [-0.25, -0.2) is 14.8 Å². The lowest BCUT2D eigenvalue weighted by atomic mass is 10.1. The molecule has 1 aliphatic heterocycles. The number of nitrogens with one attached hydrogen (secondary N) is 3. The molecule has 1 fully saturated rings. The van der Waals surface area contributed by atoms with Crippen LogP contribution in [0, 0.1) is 11.3 Å². The predicted octanol–water partition coefficient (Wildman–Crippen LogP) is 2.44. The van der Waals surface area contributed by atoms with E-state index in [1.165, 1.54) is 19.4 Å². The smallest absolute Gasteiger partial charge is 0.410 e. The number of nitriles is 1. The molecule has 34 heavy (non-hydrogen) atoms. The number of amides is 2. The normalized spacial score (nSPS) is 16.1. The number of likely N-dealkylation sites (tertiary alicyclic amines) is 1. The molecule has 12 nitrogen and oxygen atoms in total. The first-order chi connectivity index (χ1) is 16.2. The maximum absolute atomic E-state index is 12.6. The summed E-state index contributed by atoms with van der Waals surface area (Å²) in [5, 5.41) is 25.9. The minimum absolute atomic E-state index is 0.120. The highest BCUT2D eigenvalue weighted by molar-refractivity contribution is 5.97. The Hall–Kier alpha value is -4.01. The minimum atomic E-state index is -0.581. The molecule has 1 atom stereocenters. The van der Waals surface area contributed by atoms with Crippen LogP contribution in [0.1, 0.15) is 56.2 Å². The number of ether oxygens (including phenoxy) is 1. The third kappa shape index (κ3) is 6.74. The summed E-state index contributed by atoms with van der Waals surface area (Å²) < 4.78 is 5.54. The number of rotatable bonds is 5. The van der Waals surface area contributed by atoms with Gasteiger partial charge in [0.05, 0.1) is 18.1 Å². The molecule has 1 unspecified atom stereocenters. The van der Waals surface area contributed by atoms with Crippen molar-refractivity contribution < 1.29 is 14.3 Å². The summed E-state index contributed by atoms with van der Waals surface area (Å²) in [4.78, 5) is 34.8. The maximum atomic E-state index is 12.6. The van der Waals surface area contributed by atoms with Gasteiger partial charge >= 0.3 is 6.09 Å². The molecule has 180 valence electrons. The zero-order valence-electron chi connectivity index (χ0n) is 19.8. The predicted molar refractivity (Wildman–Crippen MR) is 125 cm³/mol. The van der Waals surface area contributed by atoms with Crippen molar-refractivity contribution in [2.75, 3.05) is 30.8 Å². The maximum Gasteiger partial charge on any atom is 0.410 e. The molecular formula is C22H29N9O3. The second kappa shape index (κ2) is 10.7. The van der Waals surface area contributed by atoms with Crippen molar-refractivity contribution in [3.63, 3.8) is 0 Å². The van der Waals surface area contributed by atoms with Crippen LogP contribution in [0.4, 0.5) is 22.1 Å². The lowest BCUT2D eigenvalue weighted by molar-refractivity contribution is 0.0252. The second-order valence-corrected chi connectivity index (χ2v) is 8.86. The second-order valence-electron chi connectivity index (χ2n) is 8.86. The molecule has 0 radical (unpaired) electrons. The fourth-order valence-corrected chi connectivity index (χ4v) is 3.40. The van der Waals surface area contributed by atoms with E-state index >= 15 is 0 Å². The highest BCUT2D eigenvalue weighted by Crippen LogP contribution is 2.23. The molecule has 2 amide bonds. The molecule has 2 aromatic rings. The zero-order chi connectivity index (χ0) is 24.7. The first-order valence-electron chi connectivity index (χ1n) is 11.0. The summed E-state index contributed by atoms with van der Waals surface area (Å²) in [7, 11) is 1.52. The quantitative estimate of drug-likeness (QED) is 0.596. The molecule has 12 heteroatoms. The highest BCUT2D eigenvalue weighted by Gasteiger charge is 2.27. The first kappa shape index (κ1) is 24.6. The molecule has 3 rings (SSSR count). The topological polar surface area (TPSA) is 158 Å². The fraction of sp³-hybridized carbons (Fsp3) is 0.500. The van der Waals surface area contributed by atoms with Crippen molar-refractivity contribution in [3.8, 4) is 6.07 Å². The van der Waals surface area contributed by atoms with Crippen molar-refractivity contribution in [1.29, 1.82) is 5.26 Å². The summed E-state index contributed by atoms with van der Waals surface area (Å²) in [5.41, 5.74) is 0.209.